The van der Waals surface area contributed by atoms with E-state index in [1.807, 2.05) is 34.6 Å². The number of aryl methyl sites for hydroxylation is 1. The largest absolute Gasteiger partial charge is 0.286 e. The van der Waals surface area contributed by atoms with E-state index in [2.05, 4.69) is 17.2 Å². The lowest BCUT2D eigenvalue weighted by molar-refractivity contribution is 0.482. The molecule has 3 rings (SSSR count). The van der Waals surface area contributed by atoms with Crippen molar-refractivity contribution in [2.45, 2.75) is 25.1 Å². The molecule has 1 aromatic carbocycles. The molecule has 0 amide bonds. The first-order valence-corrected chi connectivity index (χ1v) is 9.93. The fourth-order valence-electron chi connectivity index (χ4n) is 2.69. The first-order valence-electron chi connectivity index (χ1n) is 7.17. The Labute approximate surface area is 134 Å². The Hall–Kier alpha value is -1.31. The van der Waals surface area contributed by atoms with E-state index >= 15 is 0 Å². The van der Waals surface area contributed by atoms with Gasteiger partial charge in [0, 0.05) is 23.4 Å². The average molecular weight is 338 g/mol. The molecule has 0 saturated heterocycles. The Morgan fingerprint density at radius 1 is 1.27 bits per heavy atom. The second-order valence-electron chi connectivity index (χ2n) is 5.35. The van der Waals surface area contributed by atoms with Crippen LogP contribution in [0.5, 0.6) is 0 Å². The molecule has 1 aromatic heterocycles. The van der Waals surface area contributed by atoms with Gasteiger partial charge in [-0.15, -0.1) is 0 Å². The van der Waals surface area contributed by atoms with Crippen LogP contribution in [0.15, 0.2) is 30.3 Å². The molecular formula is C15H18N2O3S2. The quantitative estimate of drug-likeness (QED) is 0.846. The molecular weight excluding hydrogens is 320 g/mol. The highest BCUT2D eigenvalue weighted by molar-refractivity contribution is 7.98. The number of benzene rings is 1. The smallest absolute Gasteiger partial charge is 0.265 e. The molecule has 1 N–H and O–H groups in total. The van der Waals surface area contributed by atoms with Gasteiger partial charge in [0.2, 0.25) is 0 Å². The first-order chi connectivity index (χ1) is 10.5. The summed E-state index contributed by atoms with van der Waals surface area (Å²) in [6.45, 7) is 0.694. The SMILES string of the molecule is O=S(=O)(O)CCc1nn(Cc2ccccc2)c2c1CSCC2. The number of thioether (sulfide) groups is 1. The number of hydrogen-bond acceptors (Lipinski definition) is 4. The Morgan fingerprint density at radius 3 is 2.77 bits per heavy atom. The van der Waals surface area contributed by atoms with Crippen LogP contribution >= 0.6 is 11.8 Å². The van der Waals surface area contributed by atoms with Gasteiger partial charge in [-0.25, -0.2) is 0 Å². The molecule has 7 heteroatoms. The van der Waals surface area contributed by atoms with Crippen LogP contribution in [0, 0.1) is 0 Å². The van der Waals surface area contributed by atoms with E-state index in [1.54, 1.807) is 0 Å². The second-order valence-corrected chi connectivity index (χ2v) is 8.03. The number of aromatic nitrogens is 2. The number of rotatable bonds is 5. The van der Waals surface area contributed by atoms with E-state index in [4.69, 9.17) is 4.55 Å². The van der Waals surface area contributed by atoms with Gasteiger partial charge in [0.15, 0.2) is 0 Å². The molecule has 0 unspecified atom stereocenters. The van der Waals surface area contributed by atoms with Gasteiger partial charge in [-0.3, -0.25) is 9.23 Å². The lowest BCUT2D eigenvalue weighted by atomic mass is 10.1. The van der Waals surface area contributed by atoms with E-state index in [-0.39, 0.29) is 12.2 Å². The molecule has 0 spiro atoms. The molecule has 0 bridgehead atoms. The van der Waals surface area contributed by atoms with Crippen LogP contribution < -0.4 is 0 Å². The van der Waals surface area contributed by atoms with Crippen LogP contribution in [-0.4, -0.2) is 34.3 Å². The van der Waals surface area contributed by atoms with Crippen molar-refractivity contribution in [3.05, 3.63) is 52.8 Å². The van der Waals surface area contributed by atoms with Gasteiger partial charge in [-0.1, -0.05) is 30.3 Å². The summed E-state index contributed by atoms with van der Waals surface area (Å²) in [4.78, 5) is 0. The van der Waals surface area contributed by atoms with Crippen molar-refractivity contribution in [1.29, 1.82) is 0 Å². The molecule has 2 heterocycles. The topological polar surface area (TPSA) is 72.2 Å². The van der Waals surface area contributed by atoms with E-state index in [0.717, 1.165) is 29.2 Å². The van der Waals surface area contributed by atoms with E-state index in [0.29, 0.717) is 6.54 Å². The summed E-state index contributed by atoms with van der Waals surface area (Å²) in [7, 11) is -3.95. The molecule has 0 radical (unpaired) electrons. The fourth-order valence-corrected chi connectivity index (χ4v) is 4.16. The van der Waals surface area contributed by atoms with Gasteiger partial charge in [0.25, 0.3) is 10.1 Å². The van der Waals surface area contributed by atoms with Crippen molar-refractivity contribution in [1.82, 2.24) is 9.78 Å². The zero-order valence-electron chi connectivity index (χ0n) is 12.1. The summed E-state index contributed by atoms with van der Waals surface area (Å²) in [5.74, 6) is 1.66. The van der Waals surface area contributed by atoms with Crippen molar-refractivity contribution in [3.8, 4) is 0 Å². The van der Waals surface area contributed by atoms with Crippen molar-refractivity contribution in [2.75, 3.05) is 11.5 Å². The van der Waals surface area contributed by atoms with Gasteiger partial charge in [0.05, 0.1) is 18.0 Å². The Morgan fingerprint density at radius 2 is 2.05 bits per heavy atom. The maximum Gasteiger partial charge on any atom is 0.265 e. The van der Waals surface area contributed by atoms with Gasteiger partial charge >= 0.3 is 0 Å². The van der Waals surface area contributed by atoms with Crippen LogP contribution in [0.1, 0.15) is 22.5 Å². The highest BCUT2D eigenvalue weighted by Gasteiger charge is 2.22. The third-order valence-electron chi connectivity index (χ3n) is 3.75. The summed E-state index contributed by atoms with van der Waals surface area (Å²) < 4.78 is 32.9. The van der Waals surface area contributed by atoms with Gasteiger partial charge < -0.3 is 0 Å². The third kappa shape index (κ3) is 3.71. The second kappa shape index (κ2) is 6.44. The normalized spacial score (nSPS) is 14.8. The molecule has 0 saturated carbocycles. The van der Waals surface area contributed by atoms with Crippen LogP contribution in [0.25, 0.3) is 0 Å². The Kier molecular flexibility index (Phi) is 4.56. The first kappa shape index (κ1) is 15.6. The maximum atomic E-state index is 11.0. The molecule has 118 valence electrons. The maximum absolute atomic E-state index is 11.0. The zero-order chi connectivity index (χ0) is 15.6. The lowest BCUT2D eigenvalue weighted by Crippen LogP contribution is -2.10. The Bertz CT molecular complexity index is 755. The monoisotopic (exact) mass is 338 g/mol. The van der Waals surface area contributed by atoms with Crippen molar-refractivity contribution >= 4 is 21.9 Å². The van der Waals surface area contributed by atoms with E-state index < -0.39 is 10.1 Å². The van der Waals surface area contributed by atoms with E-state index in [9.17, 15) is 8.42 Å². The molecule has 0 aliphatic carbocycles. The van der Waals surface area contributed by atoms with Gasteiger partial charge in [0.1, 0.15) is 0 Å². The fraction of sp³-hybridized carbons (Fsp3) is 0.400. The third-order valence-corrected chi connectivity index (χ3v) is 5.46. The van der Waals surface area contributed by atoms with Crippen LogP contribution in [0.3, 0.4) is 0 Å². The van der Waals surface area contributed by atoms with Crippen LogP contribution in [0.4, 0.5) is 0 Å². The highest BCUT2D eigenvalue weighted by Crippen LogP contribution is 2.28. The van der Waals surface area contributed by atoms with Gasteiger partial charge in [-0.2, -0.15) is 25.3 Å². The standard InChI is InChI=1S/C15H18N2O3S2/c18-22(19,20)9-7-14-13-11-21-8-6-15(13)17(16-14)10-12-4-2-1-3-5-12/h1-5H,6-11H2,(H,18,19,20). The number of fused-ring (bicyclic) bond motifs is 1. The molecule has 1 aliphatic rings. The average Bonchev–Trinajstić information content (AvgIpc) is 2.84. The predicted molar refractivity (Wildman–Crippen MR) is 87.8 cm³/mol. The number of hydrogen-bond donors (Lipinski definition) is 1. The summed E-state index contributed by atoms with van der Waals surface area (Å²) in [5.41, 5.74) is 4.33. The minimum absolute atomic E-state index is 0.267. The number of nitrogens with zero attached hydrogens (tertiary/aromatic N) is 2. The molecule has 1 aliphatic heterocycles. The molecule has 2 aromatic rings. The summed E-state index contributed by atoms with van der Waals surface area (Å²) in [5, 5.41) is 4.62. The van der Waals surface area contributed by atoms with Gasteiger partial charge in [-0.05, 0) is 17.7 Å². The summed E-state index contributed by atoms with van der Waals surface area (Å²) in [6, 6.07) is 10.1. The minimum Gasteiger partial charge on any atom is -0.286 e. The summed E-state index contributed by atoms with van der Waals surface area (Å²) >= 11 is 1.84. The molecule has 0 fully saturated rings. The molecule has 22 heavy (non-hydrogen) atoms. The summed E-state index contributed by atoms with van der Waals surface area (Å²) in [6.07, 6.45) is 1.22. The predicted octanol–water partition coefficient (Wildman–Crippen LogP) is 2.15. The molecule has 0 atom stereocenters. The van der Waals surface area contributed by atoms with Crippen molar-refractivity contribution in [2.24, 2.45) is 0 Å². The van der Waals surface area contributed by atoms with Crippen molar-refractivity contribution < 1.29 is 13.0 Å². The Balaban J connectivity index is 1.88. The van der Waals surface area contributed by atoms with Crippen molar-refractivity contribution in [3.63, 3.8) is 0 Å². The zero-order valence-corrected chi connectivity index (χ0v) is 13.7. The highest BCUT2D eigenvalue weighted by atomic mass is 32.2. The van der Waals surface area contributed by atoms with Crippen LogP contribution in [0.2, 0.25) is 0 Å². The molecule has 5 nitrogen and oxygen atoms in total. The van der Waals surface area contributed by atoms with Crippen LogP contribution in [-0.2, 0) is 35.3 Å². The lowest BCUT2D eigenvalue weighted by Gasteiger charge is -2.14. The minimum atomic E-state index is -3.95. The van der Waals surface area contributed by atoms with E-state index in [1.165, 1.54) is 11.3 Å².